The monoisotopic (exact) mass is 560 g/mol. The predicted octanol–water partition coefficient (Wildman–Crippen LogP) is 4.99. The van der Waals surface area contributed by atoms with E-state index in [0.29, 0.717) is 19.4 Å². The van der Waals surface area contributed by atoms with Crippen molar-refractivity contribution in [2.24, 2.45) is 5.92 Å². The Hall–Kier alpha value is -3.59. The second kappa shape index (κ2) is 10.6. The van der Waals surface area contributed by atoms with Gasteiger partial charge in [-0.25, -0.2) is 0 Å². The van der Waals surface area contributed by atoms with Gasteiger partial charge in [0.1, 0.15) is 11.9 Å². The van der Waals surface area contributed by atoms with Gasteiger partial charge in [-0.05, 0) is 73.9 Å². The van der Waals surface area contributed by atoms with E-state index in [1.54, 1.807) is 0 Å². The van der Waals surface area contributed by atoms with Gasteiger partial charge < -0.3 is 14.7 Å². The topological polar surface area (TPSA) is 53.0 Å². The van der Waals surface area contributed by atoms with Crippen molar-refractivity contribution in [3.8, 4) is 17.6 Å². The minimum atomic E-state index is -0.912. The Labute approximate surface area is 249 Å². The summed E-state index contributed by atoms with van der Waals surface area (Å²) in [6, 6.07) is 26.6. The molecule has 0 unspecified atom stereocenters. The lowest BCUT2D eigenvalue weighted by Crippen LogP contribution is -2.78. The fourth-order valence-electron chi connectivity index (χ4n) is 8.56. The lowest BCUT2D eigenvalue weighted by atomic mass is 9.48. The number of carbonyl (C=O) groups is 1. The molecule has 3 aromatic rings. The van der Waals surface area contributed by atoms with Gasteiger partial charge in [0, 0.05) is 36.2 Å². The fraction of sp³-hybridized carbons (Fsp3) is 0.432. The molecule has 2 fully saturated rings. The van der Waals surface area contributed by atoms with Crippen LogP contribution in [0.15, 0.2) is 78.9 Å². The number of hydrogen-bond acceptors (Lipinski definition) is 4. The minimum Gasteiger partial charge on any atom is -0.487 e. The van der Waals surface area contributed by atoms with Crippen LogP contribution in [0.4, 0.5) is 0 Å². The number of likely N-dealkylation sites (tertiary alicyclic amines) is 1. The zero-order valence-electron chi connectivity index (χ0n) is 24.6. The molecule has 0 aromatic heterocycles. The molecule has 2 heterocycles. The maximum atomic E-state index is 13.8. The number of rotatable bonds is 6. The van der Waals surface area contributed by atoms with E-state index in [0.717, 1.165) is 43.7 Å². The number of amides is 1. The van der Waals surface area contributed by atoms with Crippen molar-refractivity contribution < 1.29 is 14.6 Å². The zero-order chi connectivity index (χ0) is 28.9. The van der Waals surface area contributed by atoms with E-state index in [2.05, 4.69) is 79.1 Å². The number of piperidine rings is 1. The Balaban J connectivity index is 1.24. The van der Waals surface area contributed by atoms with Crippen LogP contribution in [-0.4, -0.2) is 64.2 Å². The van der Waals surface area contributed by atoms with Crippen molar-refractivity contribution in [3.05, 3.63) is 101 Å². The van der Waals surface area contributed by atoms with Gasteiger partial charge in [0.05, 0.1) is 17.1 Å². The number of hydrogen-bond donors (Lipinski definition) is 1. The SMILES string of the molecule is CC(C)CN(C(=O)C#Cc1ccccc1)[C@H]1CC[C@@]2(O)[C@H]3Cc4cccc5c4[C@@]2(CCN3CCc2ccccc2)[C@H]1O5. The van der Waals surface area contributed by atoms with Gasteiger partial charge >= 0.3 is 0 Å². The van der Waals surface area contributed by atoms with E-state index < -0.39 is 11.0 Å². The maximum absolute atomic E-state index is 13.8. The molecular weight excluding hydrogens is 520 g/mol. The van der Waals surface area contributed by atoms with E-state index in [4.69, 9.17) is 4.74 Å². The molecule has 4 aliphatic rings. The highest BCUT2D eigenvalue weighted by molar-refractivity contribution is 5.94. The number of ether oxygens (including phenoxy) is 1. The van der Waals surface area contributed by atoms with Crippen LogP contribution >= 0.6 is 0 Å². The zero-order valence-corrected chi connectivity index (χ0v) is 24.6. The molecule has 216 valence electrons. The van der Waals surface area contributed by atoms with Crippen molar-refractivity contribution in [1.29, 1.82) is 0 Å². The predicted molar refractivity (Wildman–Crippen MR) is 164 cm³/mol. The molecule has 2 bridgehead atoms. The summed E-state index contributed by atoms with van der Waals surface area (Å²) in [5.41, 5.74) is 3.21. The van der Waals surface area contributed by atoms with Crippen molar-refractivity contribution in [1.82, 2.24) is 9.80 Å². The molecule has 2 aliphatic carbocycles. The van der Waals surface area contributed by atoms with Crippen LogP contribution in [0.2, 0.25) is 0 Å². The third kappa shape index (κ3) is 4.27. The summed E-state index contributed by atoms with van der Waals surface area (Å²) in [5, 5.41) is 12.9. The normalized spacial score (nSPS) is 28.8. The van der Waals surface area contributed by atoms with Crippen LogP contribution in [0, 0.1) is 17.8 Å². The molecular formula is C37H40N2O3. The smallest absolute Gasteiger partial charge is 0.299 e. The Morgan fingerprint density at radius 3 is 2.57 bits per heavy atom. The lowest BCUT2D eigenvalue weighted by molar-refractivity contribution is -0.200. The summed E-state index contributed by atoms with van der Waals surface area (Å²) in [7, 11) is 0. The first kappa shape index (κ1) is 27.3. The summed E-state index contributed by atoms with van der Waals surface area (Å²) >= 11 is 0. The lowest BCUT2D eigenvalue weighted by Gasteiger charge is -2.64. The van der Waals surface area contributed by atoms with Crippen molar-refractivity contribution in [2.45, 2.75) is 75.2 Å². The summed E-state index contributed by atoms with van der Waals surface area (Å²) in [5.74, 6) is 7.06. The molecule has 0 radical (unpaired) electrons. The van der Waals surface area contributed by atoms with Gasteiger partial charge in [-0.3, -0.25) is 9.69 Å². The van der Waals surface area contributed by atoms with Crippen molar-refractivity contribution >= 4 is 5.91 Å². The Morgan fingerprint density at radius 1 is 1.05 bits per heavy atom. The number of aliphatic hydroxyl groups is 1. The second-order valence-corrected chi connectivity index (χ2v) is 13.0. The standard InChI is InChI=1S/C37H40N2O3/c1-26(2)25-39(33(40)17-16-27-10-5-3-6-11-27)30-18-20-37(41)32-24-29-14-9-15-31-34(29)36(37,35(30)42-31)21-23-38(32)22-19-28-12-7-4-8-13-28/h3-15,26,30,32,35,41H,18-25H2,1-2H3/t30-,32+,35-,36-,37+/m0/s1. The quantitative estimate of drug-likeness (QED) is 0.432. The molecule has 42 heavy (non-hydrogen) atoms. The molecule has 1 saturated heterocycles. The van der Waals surface area contributed by atoms with E-state index in [-0.39, 0.29) is 30.0 Å². The van der Waals surface area contributed by atoms with Crippen LogP contribution in [0.25, 0.3) is 0 Å². The molecule has 3 aromatic carbocycles. The molecule has 7 rings (SSSR count). The molecule has 5 nitrogen and oxygen atoms in total. The van der Waals surface area contributed by atoms with E-state index in [1.807, 2.05) is 35.2 Å². The molecule has 5 atom stereocenters. The van der Waals surface area contributed by atoms with Gasteiger partial charge in [0.15, 0.2) is 0 Å². The second-order valence-electron chi connectivity index (χ2n) is 13.0. The van der Waals surface area contributed by atoms with Crippen LogP contribution in [0.3, 0.4) is 0 Å². The molecule has 5 heteroatoms. The van der Waals surface area contributed by atoms with Crippen LogP contribution in [0.5, 0.6) is 5.75 Å². The van der Waals surface area contributed by atoms with Crippen LogP contribution < -0.4 is 4.74 Å². The summed E-state index contributed by atoms with van der Waals surface area (Å²) < 4.78 is 6.88. The Kier molecular flexibility index (Phi) is 6.88. The first-order chi connectivity index (χ1) is 20.4. The van der Waals surface area contributed by atoms with Gasteiger partial charge in [-0.15, -0.1) is 0 Å². The summed E-state index contributed by atoms with van der Waals surface area (Å²) in [6.07, 6.45) is 3.65. The molecule has 1 saturated carbocycles. The first-order valence-corrected chi connectivity index (χ1v) is 15.6. The maximum Gasteiger partial charge on any atom is 0.299 e. The average Bonchev–Trinajstić information content (AvgIpc) is 3.34. The molecule has 1 N–H and O–H groups in total. The Bertz CT molecular complexity index is 1530. The average molecular weight is 561 g/mol. The van der Waals surface area contributed by atoms with Crippen molar-refractivity contribution in [2.75, 3.05) is 19.6 Å². The number of benzene rings is 3. The largest absolute Gasteiger partial charge is 0.487 e. The van der Waals surface area contributed by atoms with Gasteiger partial charge in [0.2, 0.25) is 0 Å². The summed E-state index contributed by atoms with van der Waals surface area (Å²) in [4.78, 5) is 18.3. The Morgan fingerprint density at radius 2 is 1.81 bits per heavy atom. The highest BCUT2D eigenvalue weighted by atomic mass is 16.5. The van der Waals surface area contributed by atoms with E-state index in [9.17, 15) is 9.90 Å². The minimum absolute atomic E-state index is 0.0231. The fourth-order valence-corrected chi connectivity index (χ4v) is 8.56. The van der Waals surface area contributed by atoms with Crippen LogP contribution in [0.1, 0.15) is 55.4 Å². The number of nitrogens with zero attached hydrogens (tertiary/aromatic N) is 2. The van der Waals surface area contributed by atoms with Gasteiger partial charge in [0.25, 0.3) is 5.91 Å². The third-order valence-corrected chi connectivity index (χ3v) is 10.3. The molecule has 2 aliphatic heterocycles. The van der Waals surface area contributed by atoms with Gasteiger partial charge in [-0.2, -0.15) is 0 Å². The van der Waals surface area contributed by atoms with Crippen molar-refractivity contribution in [3.63, 3.8) is 0 Å². The molecule has 1 amide bonds. The van der Waals surface area contributed by atoms with E-state index >= 15 is 0 Å². The third-order valence-electron chi connectivity index (χ3n) is 10.3. The number of carbonyl (C=O) groups excluding carboxylic acids is 1. The van der Waals surface area contributed by atoms with Crippen LogP contribution in [-0.2, 0) is 23.1 Å². The first-order valence-electron chi connectivity index (χ1n) is 15.6. The summed E-state index contributed by atoms with van der Waals surface area (Å²) in [6.45, 7) is 6.73. The highest BCUT2D eigenvalue weighted by Gasteiger charge is 2.73. The highest BCUT2D eigenvalue weighted by Crippen LogP contribution is 2.64. The molecule has 1 spiro atoms. The van der Waals surface area contributed by atoms with E-state index in [1.165, 1.54) is 16.7 Å². The van der Waals surface area contributed by atoms with Gasteiger partial charge in [-0.1, -0.05) is 80.4 Å².